The molecule has 130 valence electrons. The van der Waals surface area contributed by atoms with Gasteiger partial charge >= 0.3 is 0 Å². The van der Waals surface area contributed by atoms with Gasteiger partial charge in [-0.25, -0.2) is 0 Å². The first kappa shape index (κ1) is 18.1. The van der Waals surface area contributed by atoms with Crippen molar-refractivity contribution in [3.05, 3.63) is 80.4 Å². The highest BCUT2D eigenvalue weighted by Gasteiger charge is 2.40. The summed E-state index contributed by atoms with van der Waals surface area (Å²) in [6.07, 6.45) is -0.704. The van der Waals surface area contributed by atoms with Crippen LogP contribution in [0.1, 0.15) is 53.9 Å². The van der Waals surface area contributed by atoms with Gasteiger partial charge in [-0.2, -0.15) is 0 Å². The Labute approximate surface area is 162 Å². The van der Waals surface area contributed by atoms with E-state index in [0.717, 1.165) is 25.8 Å². The molecule has 1 N–H and O–H groups in total. The molecule has 0 aromatic heterocycles. The second kappa shape index (κ2) is 6.57. The zero-order valence-electron chi connectivity index (χ0n) is 14.7. The van der Waals surface area contributed by atoms with E-state index in [2.05, 4.69) is 55.2 Å². The summed E-state index contributed by atoms with van der Waals surface area (Å²) < 4.78 is 0.877. The van der Waals surface area contributed by atoms with Crippen molar-refractivity contribution < 1.29 is 9.90 Å². The minimum absolute atomic E-state index is 0.0459. The van der Waals surface area contributed by atoms with Crippen molar-refractivity contribution in [2.75, 3.05) is 0 Å². The van der Waals surface area contributed by atoms with Crippen molar-refractivity contribution in [3.63, 3.8) is 0 Å². The Kier molecular flexibility index (Phi) is 4.77. The maximum absolute atomic E-state index is 13.1. The molecule has 1 heterocycles. The Balaban J connectivity index is 2.01. The molecule has 0 radical (unpaired) electrons. The molecule has 0 bridgehead atoms. The average Bonchev–Trinajstić information content (AvgIpc) is 2.92. The van der Waals surface area contributed by atoms with Crippen molar-refractivity contribution in [2.45, 2.75) is 39.0 Å². The Hall–Kier alpha value is -1.66. The van der Waals surface area contributed by atoms with Gasteiger partial charge in [-0.1, -0.05) is 43.0 Å². The molecule has 4 heteroatoms. The van der Waals surface area contributed by atoms with Gasteiger partial charge in [0.25, 0.3) is 5.91 Å². The highest BCUT2D eigenvalue weighted by atomic mass is 127. The van der Waals surface area contributed by atoms with Crippen LogP contribution < -0.4 is 0 Å². The minimum Gasteiger partial charge on any atom is -0.384 e. The van der Waals surface area contributed by atoms with Crippen molar-refractivity contribution in [1.82, 2.24) is 4.90 Å². The number of benzene rings is 2. The summed E-state index contributed by atoms with van der Waals surface area (Å²) in [7, 11) is 0. The van der Waals surface area contributed by atoms with E-state index in [-0.39, 0.29) is 5.91 Å². The lowest BCUT2D eigenvalue weighted by atomic mass is 9.92. The molecule has 25 heavy (non-hydrogen) atoms. The van der Waals surface area contributed by atoms with Gasteiger partial charge in [-0.05, 0) is 71.7 Å². The van der Waals surface area contributed by atoms with Crippen molar-refractivity contribution in [1.29, 1.82) is 0 Å². The van der Waals surface area contributed by atoms with Gasteiger partial charge in [-0.3, -0.25) is 4.79 Å². The summed E-state index contributed by atoms with van der Waals surface area (Å²) in [4.78, 5) is 15.0. The quantitative estimate of drug-likeness (QED) is 0.541. The smallest absolute Gasteiger partial charge is 0.256 e. The van der Waals surface area contributed by atoms with Crippen LogP contribution in [0.5, 0.6) is 0 Å². The number of rotatable bonds is 4. The van der Waals surface area contributed by atoms with Crippen LogP contribution in [0.25, 0.3) is 0 Å². The fourth-order valence-electron chi connectivity index (χ4n) is 3.32. The first-order chi connectivity index (χ1) is 11.7. The van der Waals surface area contributed by atoms with Gasteiger partial charge in [0.2, 0.25) is 0 Å². The molecule has 0 saturated carbocycles. The zero-order chi connectivity index (χ0) is 18.4. The van der Waals surface area contributed by atoms with Gasteiger partial charge in [0.1, 0.15) is 0 Å². The van der Waals surface area contributed by atoms with Gasteiger partial charge < -0.3 is 10.0 Å². The molecule has 1 aliphatic heterocycles. The van der Waals surface area contributed by atoms with E-state index >= 15 is 0 Å². The Morgan fingerprint density at radius 1 is 1.28 bits per heavy atom. The molecule has 0 saturated heterocycles. The summed E-state index contributed by atoms with van der Waals surface area (Å²) >= 11 is 2.19. The molecule has 1 atom stereocenters. The first-order valence-electron chi connectivity index (χ1n) is 8.26. The van der Waals surface area contributed by atoms with Crippen LogP contribution in [0, 0.1) is 3.57 Å². The second-order valence-electron chi connectivity index (χ2n) is 7.10. The highest BCUT2D eigenvalue weighted by Crippen LogP contribution is 2.38. The van der Waals surface area contributed by atoms with Crippen LogP contribution >= 0.6 is 22.6 Å². The number of aliphatic hydroxyl groups is 1. The lowest BCUT2D eigenvalue weighted by Gasteiger charge is -2.36. The Morgan fingerprint density at radius 2 is 1.92 bits per heavy atom. The zero-order valence-corrected chi connectivity index (χ0v) is 16.9. The number of aliphatic hydroxyl groups excluding tert-OH is 1. The van der Waals surface area contributed by atoms with Crippen LogP contribution in [-0.4, -0.2) is 15.9 Å². The molecule has 0 spiro atoms. The predicted octanol–water partition coefficient (Wildman–Crippen LogP) is 4.79. The number of fused-ring (bicyclic) bond motifs is 1. The van der Waals surface area contributed by atoms with E-state index in [9.17, 15) is 9.90 Å². The predicted molar refractivity (Wildman–Crippen MR) is 108 cm³/mol. The van der Waals surface area contributed by atoms with Gasteiger partial charge in [0.05, 0.1) is 17.2 Å². The molecule has 1 aliphatic rings. The average molecular weight is 447 g/mol. The molecule has 1 unspecified atom stereocenters. The Morgan fingerprint density at radius 3 is 2.52 bits per heavy atom. The van der Waals surface area contributed by atoms with Crippen LogP contribution in [-0.2, 0) is 12.1 Å². The molecule has 3 rings (SSSR count). The van der Waals surface area contributed by atoms with Gasteiger partial charge in [0, 0.05) is 10.1 Å². The van der Waals surface area contributed by atoms with Crippen molar-refractivity contribution >= 4 is 28.5 Å². The van der Waals surface area contributed by atoms with E-state index in [1.54, 1.807) is 6.92 Å². The van der Waals surface area contributed by atoms with E-state index in [1.165, 1.54) is 0 Å². The fourth-order valence-corrected chi connectivity index (χ4v) is 4.26. The van der Waals surface area contributed by atoms with Crippen molar-refractivity contribution in [2.24, 2.45) is 0 Å². The number of amides is 1. The van der Waals surface area contributed by atoms with E-state index in [0.29, 0.717) is 12.1 Å². The third-order valence-electron chi connectivity index (χ3n) is 4.92. The monoisotopic (exact) mass is 447 g/mol. The molecule has 2 aromatic carbocycles. The normalized spacial score (nSPS) is 15.2. The summed E-state index contributed by atoms with van der Waals surface area (Å²) in [6, 6.07) is 13.9. The summed E-state index contributed by atoms with van der Waals surface area (Å²) in [5, 5.41) is 10.3. The van der Waals surface area contributed by atoms with Crippen LogP contribution in [0.3, 0.4) is 0 Å². The maximum Gasteiger partial charge on any atom is 0.256 e. The molecular weight excluding hydrogens is 425 g/mol. The standard InChI is InChI=1S/C21H22INO2/c1-13(2)19(24)14-10-15-12-23(20(25)18(15)17(22)11-14)21(3,4)16-8-6-5-7-9-16/h5-11,19,24H,1,12H2,2-4H3. The maximum atomic E-state index is 13.1. The molecular formula is C21H22INO2. The third kappa shape index (κ3) is 3.13. The molecule has 2 aromatic rings. The summed E-state index contributed by atoms with van der Waals surface area (Å²) in [5.41, 5.74) is 3.91. The van der Waals surface area contributed by atoms with E-state index < -0.39 is 11.6 Å². The number of nitrogens with zero attached hydrogens (tertiary/aromatic N) is 1. The minimum atomic E-state index is -0.704. The molecule has 0 aliphatic carbocycles. The first-order valence-corrected chi connectivity index (χ1v) is 9.34. The second-order valence-corrected chi connectivity index (χ2v) is 8.26. The fraction of sp³-hybridized carbons (Fsp3) is 0.286. The third-order valence-corrected chi connectivity index (χ3v) is 5.77. The molecule has 1 amide bonds. The summed E-state index contributed by atoms with van der Waals surface area (Å²) in [6.45, 7) is 10.3. The number of carbonyl (C=O) groups excluding carboxylic acids is 1. The van der Waals surface area contributed by atoms with Crippen LogP contribution in [0.2, 0.25) is 0 Å². The molecule has 3 nitrogen and oxygen atoms in total. The SMILES string of the molecule is C=C(C)C(O)c1cc(I)c2c(c1)CN(C(C)(C)c1ccccc1)C2=O. The Bertz CT molecular complexity index is 842. The van der Waals surface area contributed by atoms with E-state index in [4.69, 9.17) is 0 Å². The summed E-state index contributed by atoms with van der Waals surface area (Å²) in [5.74, 6) is 0.0459. The number of carbonyl (C=O) groups is 1. The number of halogens is 1. The molecule has 0 fully saturated rings. The number of hydrogen-bond donors (Lipinski definition) is 1. The van der Waals surface area contributed by atoms with Crippen molar-refractivity contribution in [3.8, 4) is 0 Å². The highest BCUT2D eigenvalue weighted by molar-refractivity contribution is 14.1. The topological polar surface area (TPSA) is 40.5 Å². The number of hydrogen-bond acceptors (Lipinski definition) is 2. The lowest BCUT2D eigenvalue weighted by Crippen LogP contribution is -2.41. The van der Waals surface area contributed by atoms with E-state index in [1.807, 2.05) is 35.2 Å². The van der Waals surface area contributed by atoms with Crippen LogP contribution in [0.15, 0.2) is 54.6 Å². The largest absolute Gasteiger partial charge is 0.384 e. The van der Waals surface area contributed by atoms with Gasteiger partial charge in [-0.15, -0.1) is 0 Å². The van der Waals surface area contributed by atoms with Crippen LogP contribution in [0.4, 0.5) is 0 Å². The lowest BCUT2D eigenvalue weighted by molar-refractivity contribution is 0.0567. The van der Waals surface area contributed by atoms with Gasteiger partial charge in [0.15, 0.2) is 0 Å².